The molecule has 1 atom stereocenters. The summed E-state index contributed by atoms with van der Waals surface area (Å²) >= 11 is 5.28. The number of sulfonamides is 1. The highest BCUT2D eigenvalue weighted by molar-refractivity contribution is 7.90. The Bertz CT molecular complexity index is 295. The second kappa shape index (κ2) is 6.79. The van der Waals surface area contributed by atoms with Crippen molar-refractivity contribution in [2.75, 3.05) is 24.8 Å². The van der Waals surface area contributed by atoms with E-state index in [2.05, 4.69) is 16.5 Å². The second-order valence-electron chi connectivity index (χ2n) is 4.35. The van der Waals surface area contributed by atoms with Gasteiger partial charge in [-0.1, -0.05) is 6.42 Å². The van der Waals surface area contributed by atoms with Gasteiger partial charge >= 0.3 is 0 Å². The Morgan fingerprint density at radius 2 is 2.19 bits per heavy atom. The summed E-state index contributed by atoms with van der Waals surface area (Å²) in [6.07, 6.45) is 4.68. The van der Waals surface area contributed by atoms with Crippen molar-refractivity contribution in [1.29, 1.82) is 0 Å². The van der Waals surface area contributed by atoms with Crippen LogP contribution in [0, 0.1) is 0 Å². The van der Waals surface area contributed by atoms with E-state index in [0.717, 1.165) is 19.5 Å². The normalized spacial score (nSPS) is 23.5. The van der Waals surface area contributed by atoms with Crippen molar-refractivity contribution >= 4 is 21.6 Å². The van der Waals surface area contributed by atoms with Gasteiger partial charge in [-0.3, -0.25) is 0 Å². The highest BCUT2D eigenvalue weighted by atomic mass is 35.5. The van der Waals surface area contributed by atoms with Crippen LogP contribution in [0.4, 0.5) is 0 Å². The number of nitrogens with one attached hydrogen (secondary N) is 1. The Morgan fingerprint density at radius 3 is 2.81 bits per heavy atom. The lowest BCUT2D eigenvalue weighted by molar-refractivity contribution is 0.159. The van der Waals surface area contributed by atoms with Crippen molar-refractivity contribution in [1.82, 2.24) is 9.62 Å². The maximum absolute atomic E-state index is 11.1. The van der Waals surface area contributed by atoms with Gasteiger partial charge in [-0.15, -0.1) is 11.6 Å². The smallest absolute Gasteiger partial charge is 0.225 e. The van der Waals surface area contributed by atoms with Crippen molar-refractivity contribution in [3.63, 3.8) is 0 Å². The van der Waals surface area contributed by atoms with Gasteiger partial charge in [0.25, 0.3) is 0 Å². The molecule has 0 aliphatic carbocycles. The first-order valence-electron chi connectivity index (χ1n) is 5.82. The van der Waals surface area contributed by atoms with Gasteiger partial charge in [0, 0.05) is 12.6 Å². The summed E-state index contributed by atoms with van der Waals surface area (Å²) in [5.41, 5.74) is 0. The van der Waals surface area contributed by atoms with E-state index < -0.39 is 10.0 Å². The molecule has 1 saturated heterocycles. The molecular formula is C10H21ClN2O2S. The van der Waals surface area contributed by atoms with Crippen LogP contribution >= 0.6 is 11.6 Å². The summed E-state index contributed by atoms with van der Waals surface area (Å²) in [5, 5.41) is -0.354. The van der Waals surface area contributed by atoms with Crippen LogP contribution in [0.2, 0.25) is 0 Å². The molecule has 1 N–H and O–H groups in total. The number of nitrogens with zero attached hydrogens (tertiary/aromatic N) is 1. The second-order valence-corrected chi connectivity index (χ2v) is 6.74. The minimum atomic E-state index is -3.24. The maximum atomic E-state index is 11.1. The molecular weight excluding hydrogens is 248 g/mol. The topological polar surface area (TPSA) is 49.4 Å². The van der Waals surface area contributed by atoms with Crippen LogP contribution in [0.5, 0.6) is 0 Å². The van der Waals surface area contributed by atoms with Gasteiger partial charge in [0.15, 0.2) is 0 Å². The molecule has 0 aromatic carbocycles. The number of likely N-dealkylation sites (tertiary alicyclic amines) is 1. The average Bonchev–Trinajstić information content (AvgIpc) is 2.27. The lowest BCUT2D eigenvalue weighted by Crippen LogP contribution is -2.39. The van der Waals surface area contributed by atoms with Crippen LogP contribution in [-0.4, -0.2) is 44.2 Å². The highest BCUT2D eigenvalue weighted by Gasteiger charge is 2.17. The van der Waals surface area contributed by atoms with Gasteiger partial charge in [-0.25, -0.2) is 13.1 Å². The molecule has 0 amide bonds. The number of piperidine rings is 1. The fourth-order valence-corrected chi connectivity index (χ4v) is 2.80. The van der Waals surface area contributed by atoms with Crippen LogP contribution in [0.3, 0.4) is 0 Å². The molecule has 1 aliphatic heterocycles. The Labute approximate surface area is 103 Å². The molecule has 0 saturated carbocycles. The standard InChI is InChI=1S/C10H21ClN2O2S/c1-10-5-2-3-7-13(10)8-4-6-12-16(14,15)9-11/h10,12H,2-9H2,1H3. The van der Waals surface area contributed by atoms with Crippen molar-refractivity contribution in [3.8, 4) is 0 Å². The quantitative estimate of drug-likeness (QED) is 0.585. The summed E-state index contributed by atoms with van der Waals surface area (Å²) in [6, 6.07) is 0.637. The third kappa shape index (κ3) is 4.99. The van der Waals surface area contributed by atoms with Crippen LogP contribution < -0.4 is 4.72 Å². The molecule has 0 aromatic rings. The molecule has 0 aromatic heterocycles. The van der Waals surface area contributed by atoms with Gasteiger partial charge < -0.3 is 4.90 Å². The van der Waals surface area contributed by atoms with Crippen molar-refractivity contribution < 1.29 is 8.42 Å². The number of hydrogen-bond acceptors (Lipinski definition) is 3. The summed E-state index contributed by atoms with van der Waals surface area (Å²) in [7, 11) is -3.24. The number of rotatable bonds is 6. The van der Waals surface area contributed by atoms with E-state index in [4.69, 9.17) is 11.6 Å². The number of alkyl halides is 1. The van der Waals surface area contributed by atoms with Crippen molar-refractivity contribution in [2.45, 2.75) is 38.6 Å². The van der Waals surface area contributed by atoms with E-state index in [1.54, 1.807) is 0 Å². The van der Waals surface area contributed by atoms with Gasteiger partial charge in [0.2, 0.25) is 10.0 Å². The summed E-state index contributed by atoms with van der Waals surface area (Å²) in [6.45, 7) is 4.83. The molecule has 4 nitrogen and oxygen atoms in total. The highest BCUT2D eigenvalue weighted by Crippen LogP contribution is 2.15. The molecule has 0 radical (unpaired) electrons. The minimum Gasteiger partial charge on any atom is -0.301 e. The molecule has 0 spiro atoms. The van der Waals surface area contributed by atoms with Gasteiger partial charge in [-0.05, 0) is 39.3 Å². The van der Waals surface area contributed by atoms with E-state index in [-0.39, 0.29) is 5.21 Å². The molecule has 1 unspecified atom stereocenters. The molecule has 16 heavy (non-hydrogen) atoms. The Balaban J connectivity index is 2.15. The Hall–Kier alpha value is 0.160. The zero-order chi connectivity index (χ0) is 12.0. The van der Waals surface area contributed by atoms with Crippen molar-refractivity contribution in [3.05, 3.63) is 0 Å². The molecule has 1 aliphatic rings. The van der Waals surface area contributed by atoms with Gasteiger partial charge in [-0.2, -0.15) is 0 Å². The third-order valence-corrected chi connectivity index (χ3v) is 4.82. The fraction of sp³-hybridized carbons (Fsp3) is 1.00. The third-order valence-electron chi connectivity index (χ3n) is 3.03. The monoisotopic (exact) mass is 268 g/mol. The van der Waals surface area contributed by atoms with E-state index >= 15 is 0 Å². The lowest BCUT2D eigenvalue weighted by atomic mass is 10.0. The van der Waals surface area contributed by atoms with Gasteiger partial charge in [0.1, 0.15) is 5.21 Å². The predicted octanol–water partition coefficient (Wildman–Crippen LogP) is 1.37. The largest absolute Gasteiger partial charge is 0.301 e. The molecule has 0 bridgehead atoms. The number of halogens is 1. The zero-order valence-corrected chi connectivity index (χ0v) is 11.4. The summed E-state index contributed by atoms with van der Waals surface area (Å²) in [4.78, 5) is 2.43. The fourth-order valence-electron chi connectivity index (χ4n) is 2.04. The van der Waals surface area contributed by atoms with Crippen LogP contribution in [0.25, 0.3) is 0 Å². The first kappa shape index (κ1) is 14.2. The molecule has 1 fully saturated rings. The lowest BCUT2D eigenvalue weighted by Gasteiger charge is -2.33. The first-order chi connectivity index (χ1) is 7.55. The van der Waals surface area contributed by atoms with Gasteiger partial charge in [0.05, 0.1) is 0 Å². The van der Waals surface area contributed by atoms with E-state index in [1.807, 2.05) is 0 Å². The van der Waals surface area contributed by atoms with Crippen LogP contribution in [-0.2, 0) is 10.0 Å². The van der Waals surface area contributed by atoms with E-state index in [1.165, 1.54) is 19.3 Å². The summed E-state index contributed by atoms with van der Waals surface area (Å²) in [5.74, 6) is 0. The molecule has 96 valence electrons. The summed E-state index contributed by atoms with van der Waals surface area (Å²) < 4.78 is 24.6. The molecule has 1 rings (SSSR count). The minimum absolute atomic E-state index is 0.354. The predicted molar refractivity (Wildman–Crippen MR) is 67.1 cm³/mol. The van der Waals surface area contributed by atoms with Crippen LogP contribution in [0.15, 0.2) is 0 Å². The van der Waals surface area contributed by atoms with Crippen molar-refractivity contribution in [2.24, 2.45) is 0 Å². The van der Waals surface area contributed by atoms with Crippen LogP contribution in [0.1, 0.15) is 32.6 Å². The zero-order valence-electron chi connectivity index (χ0n) is 9.78. The molecule has 1 heterocycles. The average molecular weight is 269 g/mol. The molecule has 6 heteroatoms. The van der Waals surface area contributed by atoms with E-state index in [9.17, 15) is 8.42 Å². The Morgan fingerprint density at radius 1 is 1.44 bits per heavy atom. The number of hydrogen-bond donors (Lipinski definition) is 1. The Kier molecular flexibility index (Phi) is 6.03. The SMILES string of the molecule is CC1CCCCN1CCCNS(=O)(=O)CCl. The van der Waals surface area contributed by atoms with E-state index in [0.29, 0.717) is 12.6 Å². The maximum Gasteiger partial charge on any atom is 0.225 e. The first-order valence-corrected chi connectivity index (χ1v) is 8.01.